The molecule has 0 fully saturated rings. The van der Waals surface area contributed by atoms with Crippen LogP contribution in [0.2, 0.25) is 0 Å². The molecule has 0 unspecified atom stereocenters. The van der Waals surface area contributed by atoms with Gasteiger partial charge in [0.05, 0.1) is 0 Å². The van der Waals surface area contributed by atoms with E-state index in [1.807, 2.05) is 12.2 Å². The number of hydrogen-bond donors (Lipinski definition) is 1. The van der Waals surface area contributed by atoms with Gasteiger partial charge < -0.3 is 5.73 Å². The van der Waals surface area contributed by atoms with E-state index in [1.54, 1.807) is 6.20 Å². The molecule has 0 amide bonds. The van der Waals surface area contributed by atoms with Crippen molar-refractivity contribution < 1.29 is 0 Å². The summed E-state index contributed by atoms with van der Waals surface area (Å²) in [5.74, 6) is 0. The topological polar surface area (TPSA) is 26.0 Å². The molecule has 0 saturated carbocycles. The SMILES string of the molecule is C=C(/C=C(\C=C(/C)c1ccc2c(c1)-c1cccc3cccc-2c13)c1ccc2c(c1)-c1cccc3cccc-2c13)/C(C)=C/C=C\N. The molecular weight excluding hydrogens is 542 g/mol. The Morgan fingerprint density at radius 1 is 0.556 bits per heavy atom. The van der Waals surface area contributed by atoms with Crippen molar-refractivity contribution in [2.24, 2.45) is 5.73 Å². The molecule has 0 heterocycles. The van der Waals surface area contributed by atoms with Gasteiger partial charge in [-0.1, -0.05) is 116 Å². The normalized spacial score (nSPS) is 13.6. The van der Waals surface area contributed by atoms with Crippen molar-refractivity contribution in [2.45, 2.75) is 13.8 Å². The first-order valence-corrected chi connectivity index (χ1v) is 15.5. The molecule has 214 valence electrons. The van der Waals surface area contributed by atoms with Crippen LogP contribution in [0.5, 0.6) is 0 Å². The zero-order valence-corrected chi connectivity index (χ0v) is 25.6. The summed E-state index contributed by atoms with van der Waals surface area (Å²) < 4.78 is 0. The Labute approximate surface area is 264 Å². The van der Waals surface area contributed by atoms with E-state index in [0.717, 1.165) is 16.7 Å². The van der Waals surface area contributed by atoms with E-state index in [2.05, 4.69) is 142 Å². The van der Waals surface area contributed by atoms with Gasteiger partial charge in [-0.25, -0.2) is 0 Å². The molecule has 6 aromatic rings. The molecule has 0 bridgehead atoms. The third kappa shape index (κ3) is 4.31. The number of fused-ring (bicyclic) bond motifs is 6. The maximum Gasteiger partial charge on any atom is -0.00264 e. The average Bonchev–Trinajstić information content (AvgIpc) is 3.58. The lowest BCUT2D eigenvalue weighted by Crippen LogP contribution is -1.90. The highest BCUT2D eigenvalue weighted by molar-refractivity contribution is 6.16. The fourth-order valence-electron chi connectivity index (χ4n) is 7.14. The van der Waals surface area contributed by atoms with Crippen LogP contribution in [0.3, 0.4) is 0 Å². The van der Waals surface area contributed by atoms with Crippen molar-refractivity contribution in [1.29, 1.82) is 0 Å². The third-order valence-electron chi connectivity index (χ3n) is 9.46. The highest BCUT2D eigenvalue weighted by Crippen LogP contribution is 2.49. The maximum atomic E-state index is 5.63. The van der Waals surface area contributed by atoms with Crippen LogP contribution in [-0.2, 0) is 0 Å². The van der Waals surface area contributed by atoms with Crippen LogP contribution >= 0.6 is 0 Å². The monoisotopic (exact) mass is 575 g/mol. The highest BCUT2D eigenvalue weighted by atomic mass is 14.5. The number of rotatable bonds is 6. The van der Waals surface area contributed by atoms with Gasteiger partial charge in [0.15, 0.2) is 0 Å². The number of benzene rings is 6. The van der Waals surface area contributed by atoms with Gasteiger partial charge in [-0.05, 0) is 144 Å². The van der Waals surface area contributed by atoms with Crippen molar-refractivity contribution >= 4 is 32.7 Å². The van der Waals surface area contributed by atoms with Crippen LogP contribution in [0, 0.1) is 0 Å². The van der Waals surface area contributed by atoms with E-state index in [-0.39, 0.29) is 0 Å². The second-order valence-electron chi connectivity index (χ2n) is 12.1. The predicted molar refractivity (Wildman–Crippen MR) is 195 cm³/mol. The van der Waals surface area contributed by atoms with Gasteiger partial charge in [-0.3, -0.25) is 0 Å². The van der Waals surface area contributed by atoms with Crippen LogP contribution in [0.15, 0.2) is 157 Å². The van der Waals surface area contributed by atoms with Gasteiger partial charge in [0.2, 0.25) is 0 Å². The summed E-state index contributed by atoms with van der Waals surface area (Å²) in [6.07, 6.45) is 9.92. The molecule has 1 nitrogen and oxygen atoms in total. The van der Waals surface area contributed by atoms with Crippen molar-refractivity contribution in [3.8, 4) is 44.5 Å². The van der Waals surface area contributed by atoms with E-state index >= 15 is 0 Å². The lowest BCUT2D eigenvalue weighted by Gasteiger charge is -2.12. The maximum absolute atomic E-state index is 5.63. The molecular formula is C44H33N. The highest BCUT2D eigenvalue weighted by Gasteiger charge is 2.23. The molecule has 0 spiro atoms. The quantitative estimate of drug-likeness (QED) is 0.196. The molecule has 0 radical (unpaired) electrons. The molecule has 45 heavy (non-hydrogen) atoms. The Morgan fingerprint density at radius 3 is 1.58 bits per heavy atom. The fourth-order valence-corrected chi connectivity index (χ4v) is 7.14. The zero-order chi connectivity index (χ0) is 30.7. The summed E-state index contributed by atoms with van der Waals surface area (Å²) in [7, 11) is 0. The van der Waals surface area contributed by atoms with Gasteiger partial charge in [0, 0.05) is 0 Å². The lowest BCUT2D eigenvalue weighted by molar-refractivity contribution is 1.43. The summed E-state index contributed by atoms with van der Waals surface area (Å²) in [4.78, 5) is 0. The molecule has 0 atom stereocenters. The van der Waals surface area contributed by atoms with Crippen LogP contribution in [0.25, 0.3) is 77.2 Å². The Balaban J connectivity index is 1.25. The molecule has 2 N–H and O–H groups in total. The zero-order valence-electron chi connectivity index (χ0n) is 25.6. The molecule has 2 aliphatic rings. The Hall–Kier alpha value is -5.66. The van der Waals surface area contributed by atoms with E-state index in [4.69, 9.17) is 5.73 Å². The number of nitrogens with two attached hydrogens (primary N) is 1. The summed E-state index contributed by atoms with van der Waals surface area (Å²) in [6.45, 7) is 8.72. The van der Waals surface area contributed by atoms with E-state index in [0.29, 0.717) is 0 Å². The van der Waals surface area contributed by atoms with E-state index < -0.39 is 0 Å². The number of hydrogen-bond acceptors (Lipinski definition) is 1. The second kappa shape index (κ2) is 10.5. The first-order chi connectivity index (χ1) is 22.0. The summed E-state index contributed by atoms with van der Waals surface area (Å²) >= 11 is 0. The van der Waals surface area contributed by atoms with E-state index in [9.17, 15) is 0 Å². The van der Waals surface area contributed by atoms with Gasteiger partial charge in [-0.15, -0.1) is 0 Å². The molecule has 6 aromatic carbocycles. The third-order valence-corrected chi connectivity index (χ3v) is 9.46. The Kier molecular flexibility index (Phi) is 6.29. The lowest BCUT2D eigenvalue weighted by atomic mass is 9.92. The smallest absolute Gasteiger partial charge is 0.00264 e. The van der Waals surface area contributed by atoms with Crippen LogP contribution in [-0.4, -0.2) is 0 Å². The molecule has 2 aliphatic carbocycles. The molecule has 1 heteroatoms. The predicted octanol–water partition coefficient (Wildman–Crippen LogP) is 11.7. The molecule has 8 rings (SSSR count). The minimum absolute atomic E-state index is 0.953. The van der Waals surface area contributed by atoms with Gasteiger partial charge in [0.1, 0.15) is 0 Å². The Morgan fingerprint density at radius 2 is 1.04 bits per heavy atom. The average molecular weight is 576 g/mol. The van der Waals surface area contributed by atoms with Crippen molar-refractivity contribution in [2.75, 3.05) is 0 Å². The van der Waals surface area contributed by atoms with Crippen molar-refractivity contribution in [3.05, 3.63) is 169 Å². The Bertz CT molecular complexity index is 2350. The molecule has 0 saturated heterocycles. The number of allylic oxidation sites excluding steroid dienone is 8. The minimum atomic E-state index is 0.953. The van der Waals surface area contributed by atoms with E-state index in [1.165, 1.54) is 82.8 Å². The van der Waals surface area contributed by atoms with Gasteiger partial charge in [0.25, 0.3) is 0 Å². The van der Waals surface area contributed by atoms with Crippen molar-refractivity contribution in [3.63, 3.8) is 0 Å². The second-order valence-corrected chi connectivity index (χ2v) is 12.1. The van der Waals surface area contributed by atoms with Crippen LogP contribution in [0.4, 0.5) is 0 Å². The summed E-state index contributed by atoms with van der Waals surface area (Å²) in [5.41, 5.74) is 22.8. The van der Waals surface area contributed by atoms with Gasteiger partial charge >= 0.3 is 0 Å². The van der Waals surface area contributed by atoms with Crippen LogP contribution < -0.4 is 5.73 Å². The first-order valence-electron chi connectivity index (χ1n) is 15.5. The largest absolute Gasteiger partial charge is 0.405 e. The van der Waals surface area contributed by atoms with Crippen molar-refractivity contribution in [1.82, 2.24) is 0 Å². The van der Waals surface area contributed by atoms with Crippen LogP contribution in [0.1, 0.15) is 25.0 Å². The standard InChI is InChI=1S/C44H33N/c1-27(9-8-22-45)28(2)23-34(33-19-21-36-38-15-5-11-31-13-7-17-40(44(31)38)42(36)26-33)24-29(3)32-18-20-35-37-14-4-10-30-12-6-16-39(43(30)37)41(35)25-32/h4-26H,2,45H2,1,3H3/b22-8-,27-9+,29-24+,34-23+. The first kappa shape index (κ1) is 26.9. The summed E-state index contributed by atoms with van der Waals surface area (Å²) in [5, 5.41) is 5.27. The fraction of sp³-hybridized carbons (Fsp3) is 0.0455. The summed E-state index contributed by atoms with van der Waals surface area (Å²) in [6, 6.07) is 40.3. The minimum Gasteiger partial charge on any atom is -0.405 e. The van der Waals surface area contributed by atoms with Gasteiger partial charge in [-0.2, -0.15) is 0 Å². The molecule has 0 aliphatic heterocycles. The molecule has 0 aromatic heterocycles.